The lowest BCUT2D eigenvalue weighted by Gasteiger charge is -2.67. The van der Waals surface area contributed by atoms with E-state index in [1.807, 2.05) is 0 Å². The van der Waals surface area contributed by atoms with Gasteiger partial charge in [0, 0.05) is 56.2 Å². The summed E-state index contributed by atoms with van der Waals surface area (Å²) in [6.45, 7) is 13.0. The third kappa shape index (κ3) is 12.4. The molecule has 434 valence electrons. The molecule has 21 nitrogen and oxygen atoms in total. The normalized spacial score (nSPS) is 27.5. The summed E-state index contributed by atoms with van der Waals surface area (Å²) >= 11 is 0. The number of allylic oxidation sites excluding steroid dienone is 1. The van der Waals surface area contributed by atoms with Gasteiger partial charge < -0.3 is 53.4 Å². The third-order valence-electron chi connectivity index (χ3n) is 16.2. The van der Waals surface area contributed by atoms with Crippen LogP contribution in [0.2, 0.25) is 0 Å². The number of Topliss-reactive ketones (excluding diaryl/α,β-unsaturated/α-hetero) is 2. The first kappa shape index (κ1) is 61.2. The molecule has 2 bridgehead atoms. The fourth-order valence-corrected chi connectivity index (χ4v) is 11.6. The summed E-state index contributed by atoms with van der Waals surface area (Å²) in [6, 6.07) is 21.0. The second-order valence-corrected chi connectivity index (χ2v) is 21.5. The quantitative estimate of drug-likeness (QED) is 0.0264. The zero-order valence-electron chi connectivity index (χ0n) is 47.1. The van der Waals surface area contributed by atoms with Gasteiger partial charge in [-0.15, -0.1) is 0 Å². The molecule has 3 aliphatic carbocycles. The Morgan fingerprint density at radius 3 is 2.09 bits per heavy atom. The van der Waals surface area contributed by atoms with Crippen molar-refractivity contribution in [2.45, 2.75) is 129 Å². The number of rotatable bonds is 20. The summed E-state index contributed by atoms with van der Waals surface area (Å²) in [7, 11) is 1.52. The number of ether oxygens (including phenoxy) is 8. The first-order valence-corrected chi connectivity index (χ1v) is 26.6. The predicted octanol–water partition coefficient (Wildman–Crippen LogP) is 5.69. The predicted molar refractivity (Wildman–Crippen MR) is 290 cm³/mol. The van der Waals surface area contributed by atoms with Gasteiger partial charge in [0.15, 0.2) is 29.4 Å². The van der Waals surface area contributed by atoms with E-state index in [9.17, 15) is 43.8 Å². The Bertz CT molecular complexity index is 2980. The number of carbonyl (C=O) groups excluding carboxylic acids is 8. The number of aliphatic imine (C=N–C) groups is 1. The van der Waals surface area contributed by atoms with Crippen molar-refractivity contribution in [2.24, 2.45) is 21.7 Å². The molecular weight excluding hydrogens is 1050 g/mol. The molecule has 2 amide bonds. The molecule has 0 aromatic heterocycles. The van der Waals surface area contributed by atoms with Crippen LogP contribution in [0.3, 0.4) is 0 Å². The summed E-state index contributed by atoms with van der Waals surface area (Å²) in [4.78, 5) is 117. The van der Waals surface area contributed by atoms with Gasteiger partial charge in [0.25, 0.3) is 0 Å². The summed E-state index contributed by atoms with van der Waals surface area (Å²) in [5.74, 6) is -7.54. The molecule has 81 heavy (non-hydrogen) atoms. The van der Waals surface area contributed by atoms with Crippen molar-refractivity contribution >= 4 is 58.8 Å². The average Bonchev–Trinajstić information content (AvgIpc) is 2.11. The maximum atomic E-state index is 16.4. The highest BCUT2D eigenvalue weighted by atomic mass is 16.6. The van der Waals surface area contributed by atoms with E-state index in [-0.39, 0.29) is 59.9 Å². The van der Waals surface area contributed by atoms with Crippen molar-refractivity contribution in [3.8, 4) is 0 Å². The van der Waals surface area contributed by atoms with Gasteiger partial charge in [0.2, 0.25) is 5.91 Å². The van der Waals surface area contributed by atoms with Crippen molar-refractivity contribution in [1.29, 1.82) is 0 Å². The van der Waals surface area contributed by atoms with Crippen LogP contribution in [0.1, 0.15) is 103 Å². The number of aliphatic hydroxyl groups is 2. The number of hydrogen-bond donors (Lipinski definition) is 4. The van der Waals surface area contributed by atoms with E-state index < -0.39 is 125 Å². The molecule has 2 saturated carbocycles. The summed E-state index contributed by atoms with van der Waals surface area (Å²) in [5, 5.41) is 31.4. The standard InChI is InChI=1S/C60H71N3O18/c1-11-33(2)53(69)63-47(39-18-14-12-15-19-39)48(67)55(71)78-43-29-60(73)52(80-54(70)40-20-16-13-17-21-40)50-58(9,51(68)49(77-36(5)64)46(34(43)3)57(60,7)8)44(28-45-59(50,32-76-45)81-37(6)65)79-56(72)62-41-24-22-38(23-25-41)35(4)61-30-42(66)31-75-27-26-74-10/h11-25,43-45,47-50,52,67,73H,26-32H2,1-10H3,(H,62,72)(H,63,69)/b33-11+,61-35?/t43-,44-,45+,47-,48+,49+,50-,52-,58+,59-,60+/m0/s1. The smallest absolute Gasteiger partial charge is 0.411 e. The zero-order valence-corrected chi connectivity index (χ0v) is 47.1. The number of ketones is 2. The Balaban J connectivity index is 1.33. The van der Waals surface area contributed by atoms with E-state index in [1.165, 1.54) is 46.9 Å². The zero-order chi connectivity index (χ0) is 59.2. The highest BCUT2D eigenvalue weighted by molar-refractivity contribution is 6.01. The van der Waals surface area contributed by atoms with E-state index in [0.717, 1.165) is 13.8 Å². The van der Waals surface area contributed by atoms with E-state index >= 15 is 4.79 Å². The van der Waals surface area contributed by atoms with Crippen molar-refractivity contribution in [3.05, 3.63) is 124 Å². The number of fused-ring (bicyclic) bond motifs is 5. The van der Waals surface area contributed by atoms with Crippen LogP contribution >= 0.6 is 0 Å². The number of methoxy groups -OCH3 is 1. The molecule has 0 spiro atoms. The second kappa shape index (κ2) is 25.2. The molecule has 4 aliphatic rings. The van der Waals surface area contributed by atoms with Gasteiger partial charge in [-0.1, -0.05) is 80.6 Å². The van der Waals surface area contributed by atoms with Gasteiger partial charge >= 0.3 is 30.0 Å². The monoisotopic (exact) mass is 1120 g/mol. The summed E-state index contributed by atoms with van der Waals surface area (Å²) in [6.07, 6.45) is -10.8. The number of esters is 4. The average molecular weight is 1120 g/mol. The highest BCUT2D eigenvalue weighted by Gasteiger charge is 2.79. The molecule has 4 N–H and O–H groups in total. The number of aliphatic hydroxyl groups excluding tert-OH is 1. The molecule has 0 unspecified atom stereocenters. The van der Waals surface area contributed by atoms with Gasteiger partial charge in [-0.05, 0) is 81.2 Å². The SMILES string of the molecule is C/C=C(\C)C(=O)N[C@@H](c1ccccc1)[C@@H](O)C(=O)O[C@H]1C[C@@]2(O)[C@@H](OC(=O)c3ccccc3)[C@@H]3[C@]4(OC(C)=O)CO[C@@H]4C[C@H](OC(=O)Nc4ccc(C(C)=NCC(=O)COCCOC)cc4)[C@@]3(C)C(=O)[C@H](OC(C)=O)C(=C1C)C2(C)C. The van der Waals surface area contributed by atoms with Crippen LogP contribution in [0.25, 0.3) is 0 Å². The van der Waals surface area contributed by atoms with Gasteiger partial charge in [-0.25, -0.2) is 14.4 Å². The first-order chi connectivity index (χ1) is 38.3. The van der Waals surface area contributed by atoms with Crippen LogP contribution in [0.5, 0.6) is 0 Å². The maximum absolute atomic E-state index is 16.4. The van der Waals surface area contributed by atoms with E-state index in [0.29, 0.717) is 23.4 Å². The molecule has 21 heteroatoms. The molecule has 1 heterocycles. The highest BCUT2D eigenvalue weighted by Crippen LogP contribution is 2.65. The number of benzene rings is 3. The first-order valence-electron chi connectivity index (χ1n) is 26.6. The lowest BCUT2D eigenvalue weighted by Crippen LogP contribution is -2.82. The fraction of sp³-hybridized carbons (Fsp3) is 0.483. The maximum Gasteiger partial charge on any atom is 0.411 e. The Labute approximate surface area is 469 Å². The third-order valence-corrected chi connectivity index (χ3v) is 16.2. The van der Waals surface area contributed by atoms with Crippen LogP contribution in [0.15, 0.2) is 113 Å². The Kier molecular flexibility index (Phi) is 19.0. The molecule has 3 aromatic rings. The molecule has 1 saturated heterocycles. The fourth-order valence-electron chi connectivity index (χ4n) is 11.6. The lowest BCUT2D eigenvalue weighted by atomic mass is 9.44. The van der Waals surface area contributed by atoms with Crippen LogP contribution in [-0.2, 0) is 66.7 Å². The molecule has 11 atom stereocenters. The number of anilines is 1. The number of amides is 2. The number of carbonyl (C=O) groups is 8. The molecule has 0 radical (unpaired) electrons. The Morgan fingerprint density at radius 1 is 0.840 bits per heavy atom. The summed E-state index contributed by atoms with van der Waals surface area (Å²) in [5.41, 5.74) is -6.37. The second-order valence-electron chi connectivity index (χ2n) is 21.5. The lowest BCUT2D eigenvalue weighted by molar-refractivity contribution is -0.345. The van der Waals surface area contributed by atoms with E-state index in [4.69, 9.17) is 37.9 Å². The van der Waals surface area contributed by atoms with Crippen molar-refractivity contribution < 1.29 is 86.5 Å². The number of hydrogen-bond acceptors (Lipinski definition) is 19. The Morgan fingerprint density at radius 2 is 1.49 bits per heavy atom. The van der Waals surface area contributed by atoms with E-state index in [2.05, 4.69) is 15.6 Å². The minimum Gasteiger partial charge on any atom is -0.456 e. The van der Waals surface area contributed by atoms with Crippen LogP contribution in [-0.4, -0.2) is 151 Å². The van der Waals surface area contributed by atoms with Crippen LogP contribution < -0.4 is 10.6 Å². The summed E-state index contributed by atoms with van der Waals surface area (Å²) < 4.78 is 47.7. The van der Waals surface area contributed by atoms with Gasteiger partial charge in [0.1, 0.15) is 43.2 Å². The van der Waals surface area contributed by atoms with Crippen molar-refractivity contribution in [2.75, 3.05) is 45.4 Å². The molecule has 3 aromatic carbocycles. The minimum atomic E-state index is -2.52. The van der Waals surface area contributed by atoms with Gasteiger partial charge in [-0.3, -0.25) is 34.3 Å². The number of nitrogens with one attached hydrogen (secondary N) is 2. The number of nitrogens with zero attached hydrogens (tertiary/aromatic N) is 1. The molecular formula is C60H71N3O18. The largest absolute Gasteiger partial charge is 0.456 e. The Hall–Kier alpha value is -7.43. The molecule has 3 fully saturated rings. The topological polar surface area (TPSA) is 287 Å². The van der Waals surface area contributed by atoms with Crippen LogP contribution in [0.4, 0.5) is 10.5 Å². The minimum absolute atomic E-state index is 0.0121. The van der Waals surface area contributed by atoms with Crippen LogP contribution in [0, 0.1) is 16.7 Å². The molecule has 1 aliphatic heterocycles. The van der Waals surface area contributed by atoms with Crippen molar-refractivity contribution in [1.82, 2.24) is 5.32 Å². The van der Waals surface area contributed by atoms with Crippen molar-refractivity contribution in [3.63, 3.8) is 0 Å². The molecule has 7 rings (SSSR count). The van der Waals surface area contributed by atoms with Gasteiger partial charge in [-0.2, -0.15) is 0 Å². The van der Waals surface area contributed by atoms with E-state index in [1.54, 1.807) is 99.6 Å². The van der Waals surface area contributed by atoms with Gasteiger partial charge in [0.05, 0.1) is 42.8 Å².